The van der Waals surface area contributed by atoms with Crippen LogP contribution in [0.3, 0.4) is 0 Å². The molecule has 124 valence electrons. The molecule has 2 fully saturated rings. The number of carbonyl (C=O) groups excluding carboxylic acids is 2. The SMILES string of the molecule is COCC(=O)N1C[C@@H]2CN(C(=O)c3ccccc3)CCO[C@@H]2C1. The minimum absolute atomic E-state index is 0.00406. The number of amides is 2. The number of benzene rings is 1. The summed E-state index contributed by atoms with van der Waals surface area (Å²) < 4.78 is 10.8. The third-order valence-electron chi connectivity index (χ3n) is 4.46. The Balaban J connectivity index is 1.66. The summed E-state index contributed by atoms with van der Waals surface area (Å²) in [4.78, 5) is 28.2. The zero-order valence-corrected chi connectivity index (χ0v) is 13.3. The van der Waals surface area contributed by atoms with Crippen molar-refractivity contribution in [2.24, 2.45) is 5.92 Å². The average Bonchev–Trinajstić information content (AvgIpc) is 2.87. The number of methoxy groups -OCH3 is 1. The molecule has 2 atom stereocenters. The molecule has 2 amide bonds. The molecule has 3 rings (SSSR count). The van der Waals surface area contributed by atoms with E-state index in [1.54, 1.807) is 4.90 Å². The lowest BCUT2D eigenvalue weighted by atomic mass is 10.1. The molecule has 2 aliphatic heterocycles. The smallest absolute Gasteiger partial charge is 0.253 e. The van der Waals surface area contributed by atoms with Gasteiger partial charge < -0.3 is 19.3 Å². The maximum absolute atomic E-state index is 12.6. The molecular formula is C17H22N2O4. The van der Waals surface area contributed by atoms with Gasteiger partial charge in [0.05, 0.1) is 12.7 Å². The van der Waals surface area contributed by atoms with Crippen LogP contribution in [0.2, 0.25) is 0 Å². The second-order valence-electron chi connectivity index (χ2n) is 6.02. The van der Waals surface area contributed by atoms with Crippen molar-refractivity contribution < 1.29 is 19.1 Å². The highest BCUT2D eigenvalue weighted by molar-refractivity contribution is 5.94. The highest BCUT2D eigenvalue weighted by Crippen LogP contribution is 2.24. The van der Waals surface area contributed by atoms with Gasteiger partial charge in [-0.25, -0.2) is 0 Å². The maximum atomic E-state index is 12.6. The van der Waals surface area contributed by atoms with Crippen molar-refractivity contribution in [3.05, 3.63) is 35.9 Å². The molecule has 23 heavy (non-hydrogen) atoms. The Morgan fingerprint density at radius 3 is 2.65 bits per heavy atom. The predicted molar refractivity (Wildman–Crippen MR) is 84.0 cm³/mol. The zero-order chi connectivity index (χ0) is 16.2. The standard InChI is InChI=1S/C17H22N2O4/c1-22-12-16(20)19-10-14-9-18(7-8-23-15(14)11-19)17(21)13-5-3-2-4-6-13/h2-6,14-15H,7-12H2,1H3/t14-,15+/m0/s1. The Morgan fingerprint density at radius 1 is 1.17 bits per heavy atom. The number of fused-ring (bicyclic) bond motifs is 1. The van der Waals surface area contributed by atoms with Crippen LogP contribution in [0.5, 0.6) is 0 Å². The Labute approximate surface area is 136 Å². The van der Waals surface area contributed by atoms with E-state index in [2.05, 4.69) is 0 Å². The molecule has 1 aromatic carbocycles. The maximum Gasteiger partial charge on any atom is 0.253 e. The van der Waals surface area contributed by atoms with Crippen LogP contribution in [0.1, 0.15) is 10.4 Å². The quantitative estimate of drug-likeness (QED) is 0.820. The van der Waals surface area contributed by atoms with Crippen LogP contribution in [0.4, 0.5) is 0 Å². The summed E-state index contributed by atoms with van der Waals surface area (Å²) in [5.74, 6) is 0.160. The van der Waals surface area contributed by atoms with Gasteiger partial charge in [0, 0.05) is 44.8 Å². The number of likely N-dealkylation sites (tertiary alicyclic amines) is 1. The second kappa shape index (κ2) is 7.10. The van der Waals surface area contributed by atoms with E-state index < -0.39 is 0 Å². The van der Waals surface area contributed by atoms with Crippen LogP contribution in [0, 0.1) is 5.92 Å². The van der Waals surface area contributed by atoms with Crippen molar-refractivity contribution in [2.45, 2.75) is 6.10 Å². The molecule has 2 heterocycles. The molecule has 6 nitrogen and oxygen atoms in total. The van der Waals surface area contributed by atoms with Crippen molar-refractivity contribution >= 4 is 11.8 Å². The summed E-state index contributed by atoms with van der Waals surface area (Å²) >= 11 is 0. The highest BCUT2D eigenvalue weighted by Gasteiger charge is 2.39. The zero-order valence-electron chi connectivity index (χ0n) is 13.3. The molecule has 0 saturated carbocycles. The number of ether oxygens (including phenoxy) is 2. The van der Waals surface area contributed by atoms with E-state index >= 15 is 0 Å². The molecule has 0 spiro atoms. The molecule has 6 heteroatoms. The normalized spacial score (nSPS) is 24.2. The Morgan fingerprint density at radius 2 is 1.91 bits per heavy atom. The van der Waals surface area contributed by atoms with Crippen LogP contribution < -0.4 is 0 Å². The average molecular weight is 318 g/mol. The predicted octanol–water partition coefficient (Wildman–Crippen LogP) is 0.632. The molecule has 0 radical (unpaired) electrons. The fourth-order valence-electron chi connectivity index (χ4n) is 3.26. The lowest BCUT2D eigenvalue weighted by molar-refractivity contribution is -0.134. The summed E-state index contributed by atoms with van der Waals surface area (Å²) in [5.41, 5.74) is 0.691. The molecule has 2 aliphatic rings. The van der Waals surface area contributed by atoms with Gasteiger partial charge in [-0.3, -0.25) is 9.59 Å². The van der Waals surface area contributed by atoms with Gasteiger partial charge in [0.2, 0.25) is 5.91 Å². The summed E-state index contributed by atoms with van der Waals surface area (Å²) in [7, 11) is 1.52. The van der Waals surface area contributed by atoms with Crippen LogP contribution >= 0.6 is 0 Å². The molecule has 0 unspecified atom stereocenters. The molecule has 0 aromatic heterocycles. The number of hydrogen-bond donors (Lipinski definition) is 0. The first-order valence-corrected chi connectivity index (χ1v) is 7.91. The van der Waals surface area contributed by atoms with Gasteiger partial charge in [0.1, 0.15) is 6.61 Å². The topological polar surface area (TPSA) is 59.1 Å². The molecule has 1 aromatic rings. The summed E-state index contributed by atoms with van der Waals surface area (Å²) in [5, 5.41) is 0. The Bertz CT molecular complexity index is 563. The number of nitrogens with zero attached hydrogens (tertiary/aromatic N) is 2. The Kier molecular flexibility index (Phi) is 4.93. The monoisotopic (exact) mass is 318 g/mol. The van der Waals surface area contributed by atoms with Crippen molar-refractivity contribution in [1.29, 1.82) is 0 Å². The van der Waals surface area contributed by atoms with Crippen LogP contribution in [-0.4, -0.2) is 74.2 Å². The van der Waals surface area contributed by atoms with Crippen LogP contribution in [0.15, 0.2) is 30.3 Å². The fourth-order valence-corrected chi connectivity index (χ4v) is 3.26. The van der Waals surface area contributed by atoms with Crippen LogP contribution in [-0.2, 0) is 14.3 Å². The third kappa shape index (κ3) is 3.54. The first-order chi connectivity index (χ1) is 11.2. The highest BCUT2D eigenvalue weighted by atomic mass is 16.5. The second-order valence-corrected chi connectivity index (χ2v) is 6.02. The number of hydrogen-bond acceptors (Lipinski definition) is 4. The van der Waals surface area contributed by atoms with Gasteiger partial charge in [0.25, 0.3) is 5.91 Å². The first kappa shape index (κ1) is 16.0. The van der Waals surface area contributed by atoms with Crippen molar-refractivity contribution in [1.82, 2.24) is 9.80 Å². The lowest BCUT2D eigenvalue weighted by Gasteiger charge is -2.23. The van der Waals surface area contributed by atoms with E-state index in [9.17, 15) is 9.59 Å². The van der Waals surface area contributed by atoms with Crippen molar-refractivity contribution in [2.75, 3.05) is 46.5 Å². The van der Waals surface area contributed by atoms with Crippen molar-refractivity contribution in [3.63, 3.8) is 0 Å². The minimum atomic E-state index is -0.0230. The molecular weight excluding hydrogens is 296 g/mol. The van der Waals surface area contributed by atoms with Gasteiger partial charge in [-0.05, 0) is 12.1 Å². The molecule has 0 aliphatic carbocycles. The van der Waals surface area contributed by atoms with E-state index in [-0.39, 0.29) is 30.4 Å². The molecule has 2 saturated heterocycles. The van der Waals surface area contributed by atoms with E-state index in [0.717, 1.165) is 0 Å². The van der Waals surface area contributed by atoms with E-state index in [0.29, 0.717) is 38.3 Å². The summed E-state index contributed by atoms with van der Waals surface area (Å²) in [6.07, 6.45) is 0.00406. The van der Waals surface area contributed by atoms with E-state index in [1.165, 1.54) is 7.11 Å². The van der Waals surface area contributed by atoms with Gasteiger partial charge >= 0.3 is 0 Å². The number of rotatable bonds is 3. The molecule has 0 N–H and O–H groups in total. The van der Waals surface area contributed by atoms with E-state index in [4.69, 9.17) is 9.47 Å². The van der Waals surface area contributed by atoms with Gasteiger partial charge in [0.15, 0.2) is 0 Å². The summed E-state index contributed by atoms with van der Waals surface area (Å²) in [6, 6.07) is 9.29. The first-order valence-electron chi connectivity index (χ1n) is 7.91. The summed E-state index contributed by atoms with van der Waals surface area (Å²) in [6.45, 7) is 3.01. The van der Waals surface area contributed by atoms with Gasteiger partial charge in [-0.15, -0.1) is 0 Å². The Hall–Kier alpha value is -1.92. The minimum Gasteiger partial charge on any atom is -0.375 e. The fraction of sp³-hybridized carbons (Fsp3) is 0.529. The van der Waals surface area contributed by atoms with E-state index in [1.807, 2.05) is 35.2 Å². The largest absolute Gasteiger partial charge is 0.375 e. The van der Waals surface area contributed by atoms with Gasteiger partial charge in [-0.2, -0.15) is 0 Å². The number of carbonyl (C=O) groups is 2. The third-order valence-corrected chi connectivity index (χ3v) is 4.46. The van der Waals surface area contributed by atoms with Crippen LogP contribution in [0.25, 0.3) is 0 Å². The molecule has 0 bridgehead atoms. The van der Waals surface area contributed by atoms with Gasteiger partial charge in [-0.1, -0.05) is 18.2 Å². The lowest BCUT2D eigenvalue weighted by Crippen LogP contribution is -2.38. The van der Waals surface area contributed by atoms with Crippen molar-refractivity contribution in [3.8, 4) is 0 Å².